The molecular weight excluding hydrogens is 472 g/mol. The Bertz CT molecular complexity index is 1110. The van der Waals surface area contributed by atoms with Crippen LogP contribution in [0.1, 0.15) is 25.3 Å². The highest BCUT2D eigenvalue weighted by Crippen LogP contribution is 2.32. The molecule has 3 aromatic rings. The van der Waals surface area contributed by atoms with Crippen molar-refractivity contribution in [3.63, 3.8) is 0 Å². The van der Waals surface area contributed by atoms with E-state index in [-0.39, 0.29) is 4.90 Å². The lowest BCUT2D eigenvalue weighted by atomic mass is 10.0. The standard InChI is InChI=1S/C21H25BrN2O3S2/c1-15(2)16-5-8-18(9-6-16)29(26,27)24-14-21(28(25)12-11-23(3)4)19-13-17(22)7-10-20(19)24/h5-10,13-15H,11-12H2,1-4H3. The third-order valence-electron chi connectivity index (χ3n) is 4.77. The molecule has 0 fully saturated rings. The van der Waals surface area contributed by atoms with Crippen LogP contribution in [0.3, 0.4) is 0 Å². The van der Waals surface area contributed by atoms with Gasteiger partial charge in [0.05, 0.1) is 22.0 Å². The molecule has 1 unspecified atom stereocenters. The maximum atomic E-state index is 13.4. The molecular formula is C21H25BrN2O3S2. The van der Waals surface area contributed by atoms with E-state index in [4.69, 9.17) is 0 Å². The number of nitrogens with zero attached hydrogens (tertiary/aromatic N) is 2. The minimum Gasteiger partial charge on any atom is -0.611 e. The minimum atomic E-state index is -3.81. The van der Waals surface area contributed by atoms with E-state index in [1.54, 1.807) is 24.3 Å². The summed E-state index contributed by atoms with van der Waals surface area (Å²) in [7, 11) is 0.0296. The molecule has 0 aliphatic heterocycles. The lowest BCUT2D eigenvalue weighted by Gasteiger charge is -2.13. The van der Waals surface area contributed by atoms with Gasteiger partial charge in [-0.3, -0.25) is 0 Å². The first kappa shape index (κ1) is 22.4. The Morgan fingerprint density at radius 3 is 2.38 bits per heavy atom. The van der Waals surface area contributed by atoms with Crippen LogP contribution in [0.2, 0.25) is 0 Å². The van der Waals surface area contributed by atoms with Crippen LogP contribution in [0.5, 0.6) is 0 Å². The van der Waals surface area contributed by atoms with Crippen molar-refractivity contribution in [1.29, 1.82) is 0 Å². The Morgan fingerprint density at radius 1 is 1.14 bits per heavy atom. The molecule has 3 rings (SSSR count). The third-order valence-corrected chi connectivity index (χ3v) is 8.32. The van der Waals surface area contributed by atoms with Crippen LogP contribution >= 0.6 is 15.9 Å². The fourth-order valence-electron chi connectivity index (χ4n) is 3.04. The molecule has 0 radical (unpaired) electrons. The molecule has 0 saturated heterocycles. The molecule has 1 heterocycles. The summed E-state index contributed by atoms with van der Waals surface area (Å²) in [4.78, 5) is 2.71. The predicted octanol–water partition coefficient (Wildman–Crippen LogP) is 4.43. The number of halogens is 1. The molecule has 1 aromatic heterocycles. The average molecular weight is 497 g/mol. The second kappa shape index (κ2) is 8.81. The van der Waals surface area contributed by atoms with E-state index in [9.17, 15) is 13.0 Å². The quantitative estimate of drug-likeness (QED) is 0.453. The summed E-state index contributed by atoms with van der Waals surface area (Å²) in [5.41, 5.74) is 1.60. The molecule has 1 atom stereocenters. The van der Waals surface area contributed by atoms with Crippen LogP contribution in [-0.4, -0.2) is 48.2 Å². The molecule has 29 heavy (non-hydrogen) atoms. The number of hydrogen-bond acceptors (Lipinski definition) is 4. The lowest BCUT2D eigenvalue weighted by Crippen LogP contribution is -2.22. The van der Waals surface area contributed by atoms with Crippen LogP contribution < -0.4 is 0 Å². The zero-order chi connectivity index (χ0) is 21.3. The summed E-state index contributed by atoms with van der Waals surface area (Å²) < 4.78 is 41.7. The van der Waals surface area contributed by atoms with Gasteiger partial charge < -0.3 is 9.45 Å². The summed E-state index contributed by atoms with van der Waals surface area (Å²) in [6.45, 7) is 4.78. The van der Waals surface area contributed by atoms with E-state index >= 15 is 0 Å². The number of benzene rings is 2. The van der Waals surface area contributed by atoms with Gasteiger partial charge in [-0.25, -0.2) is 12.4 Å². The number of hydrogen-bond donors (Lipinski definition) is 0. The maximum Gasteiger partial charge on any atom is 0.268 e. The summed E-state index contributed by atoms with van der Waals surface area (Å²) >= 11 is 2.12. The second-order valence-electron chi connectivity index (χ2n) is 7.53. The van der Waals surface area contributed by atoms with E-state index in [1.807, 2.05) is 37.2 Å². The van der Waals surface area contributed by atoms with Gasteiger partial charge in [-0.05, 0) is 67.1 Å². The smallest absolute Gasteiger partial charge is 0.268 e. The lowest BCUT2D eigenvalue weighted by molar-refractivity contribution is 0.432. The fraction of sp³-hybridized carbons (Fsp3) is 0.333. The van der Waals surface area contributed by atoms with Gasteiger partial charge in [-0.1, -0.05) is 41.9 Å². The molecule has 0 amide bonds. The van der Waals surface area contributed by atoms with Crippen LogP contribution in [0, 0.1) is 0 Å². The van der Waals surface area contributed by atoms with E-state index in [0.717, 1.165) is 10.0 Å². The molecule has 0 N–H and O–H groups in total. The molecule has 0 bridgehead atoms. The topological polar surface area (TPSA) is 65.4 Å². The fourth-order valence-corrected chi connectivity index (χ4v) is 6.22. The third kappa shape index (κ3) is 4.72. The Balaban J connectivity index is 2.11. The van der Waals surface area contributed by atoms with Gasteiger partial charge in [0.15, 0.2) is 4.90 Å². The molecule has 2 aromatic carbocycles. The Kier molecular flexibility index (Phi) is 6.80. The van der Waals surface area contributed by atoms with Gasteiger partial charge in [0.25, 0.3) is 10.0 Å². The zero-order valence-electron chi connectivity index (χ0n) is 16.9. The highest BCUT2D eigenvalue weighted by molar-refractivity contribution is 9.10. The van der Waals surface area contributed by atoms with Gasteiger partial charge in [-0.15, -0.1) is 0 Å². The average Bonchev–Trinajstić information content (AvgIpc) is 3.05. The van der Waals surface area contributed by atoms with Crippen molar-refractivity contribution < 1.29 is 13.0 Å². The molecule has 0 saturated carbocycles. The van der Waals surface area contributed by atoms with Crippen molar-refractivity contribution in [3.05, 3.63) is 58.7 Å². The van der Waals surface area contributed by atoms with Gasteiger partial charge in [0.2, 0.25) is 0 Å². The summed E-state index contributed by atoms with van der Waals surface area (Å²) in [6.07, 6.45) is 1.51. The van der Waals surface area contributed by atoms with Crippen molar-refractivity contribution in [3.8, 4) is 0 Å². The van der Waals surface area contributed by atoms with Crippen LogP contribution in [-0.2, 0) is 21.2 Å². The van der Waals surface area contributed by atoms with Crippen molar-refractivity contribution in [2.75, 3.05) is 26.4 Å². The summed E-state index contributed by atoms with van der Waals surface area (Å²) in [5.74, 6) is 0.754. The molecule has 5 nitrogen and oxygen atoms in total. The normalized spacial score (nSPS) is 13.5. The number of rotatable bonds is 7. The molecule has 0 aliphatic rings. The molecule has 0 spiro atoms. The Labute approximate surface area is 184 Å². The van der Waals surface area contributed by atoms with Crippen molar-refractivity contribution in [2.45, 2.75) is 29.6 Å². The van der Waals surface area contributed by atoms with Crippen LogP contribution in [0.25, 0.3) is 10.9 Å². The highest BCUT2D eigenvalue weighted by Gasteiger charge is 2.26. The van der Waals surface area contributed by atoms with Crippen molar-refractivity contribution >= 4 is 48.0 Å². The molecule has 156 valence electrons. The zero-order valence-corrected chi connectivity index (χ0v) is 20.1. The highest BCUT2D eigenvalue weighted by atomic mass is 79.9. The number of fused-ring (bicyclic) bond motifs is 1. The van der Waals surface area contributed by atoms with E-state index in [2.05, 4.69) is 29.8 Å². The van der Waals surface area contributed by atoms with E-state index < -0.39 is 21.2 Å². The number of aromatic nitrogens is 1. The first-order valence-corrected chi connectivity index (χ1v) is 12.9. The van der Waals surface area contributed by atoms with Gasteiger partial charge in [0.1, 0.15) is 5.75 Å². The maximum absolute atomic E-state index is 13.4. The monoisotopic (exact) mass is 496 g/mol. The molecule has 0 aliphatic carbocycles. The van der Waals surface area contributed by atoms with E-state index in [0.29, 0.717) is 34.0 Å². The Morgan fingerprint density at radius 2 is 1.79 bits per heavy atom. The van der Waals surface area contributed by atoms with E-state index in [1.165, 1.54) is 10.2 Å². The van der Waals surface area contributed by atoms with Crippen molar-refractivity contribution in [1.82, 2.24) is 8.87 Å². The largest absolute Gasteiger partial charge is 0.611 e. The first-order valence-electron chi connectivity index (χ1n) is 9.30. The SMILES string of the molecule is CC(C)c1ccc(S(=O)(=O)n2cc([S+]([O-])CCN(C)C)c3cc(Br)ccc32)cc1. The second-order valence-corrected chi connectivity index (χ2v) is 11.8. The van der Waals surface area contributed by atoms with Gasteiger partial charge in [-0.2, -0.15) is 0 Å². The summed E-state index contributed by atoms with van der Waals surface area (Å²) in [6, 6.07) is 12.3. The molecule has 8 heteroatoms. The van der Waals surface area contributed by atoms with Gasteiger partial charge >= 0.3 is 0 Å². The predicted molar refractivity (Wildman–Crippen MR) is 123 cm³/mol. The Hall–Kier alpha value is -1.32. The summed E-state index contributed by atoms with van der Waals surface area (Å²) in [5, 5.41) is 0.679. The van der Waals surface area contributed by atoms with Crippen LogP contribution in [0.4, 0.5) is 0 Å². The first-order chi connectivity index (χ1) is 13.6. The van der Waals surface area contributed by atoms with Crippen molar-refractivity contribution in [2.24, 2.45) is 0 Å². The minimum absolute atomic E-state index is 0.215. The van der Waals surface area contributed by atoms with Crippen LogP contribution in [0.15, 0.2) is 62.9 Å². The van der Waals surface area contributed by atoms with Gasteiger partial charge in [0, 0.05) is 11.0 Å².